The van der Waals surface area contributed by atoms with Crippen LogP contribution in [0.3, 0.4) is 0 Å². The molecular formula is C19H19NO5. The van der Waals surface area contributed by atoms with E-state index in [0.29, 0.717) is 31.3 Å². The normalized spacial score (nSPS) is 13.0. The maximum Gasteiger partial charge on any atom is 0.335 e. The molecule has 1 aliphatic rings. The first-order valence-electron chi connectivity index (χ1n) is 8.10. The summed E-state index contributed by atoms with van der Waals surface area (Å²) in [6.07, 6.45) is 1.01. The fourth-order valence-electron chi connectivity index (χ4n) is 2.60. The molecule has 0 aromatic heterocycles. The number of hydrogen-bond donors (Lipinski definition) is 2. The van der Waals surface area contributed by atoms with Crippen LogP contribution in [0.15, 0.2) is 42.5 Å². The van der Waals surface area contributed by atoms with Crippen LogP contribution in [0.1, 0.15) is 27.9 Å². The van der Waals surface area contributed by atoms with Gasteiger partial charge < -0.3 is 19.9 Å². The van der Waals surface area contributed by atoms with E-state index in [0.717, 1.165) is 17.5 Å². The van der Waals surface area contributed by atoms with Crippen LogP contribution in [0.5, 0.6) is 11.5 Å². The number of rotatable bonds is 5. The molecule has 0 radical (unpaired) electrons. The number of carboxylic acid groups (broad SMARTS) is 1. The van der Waals surface area contributed by atoms with Gasteiger partial charge in [0, 0.05) is 18.5 Å². The number of para-hydroxylation sites is 1. The average Bonchev–Trinajstić information content (AvgIpc) is 2.86. The number of amides is 1. The number of carbonyl (C=O) groups excluding carboxylic acids is 1. The summed E-state index contributed by atoms with van der Waals surface area (Å²) in [5.41, 5.74) is 1.83. The van der Waals surface area contributed by atoms with Crippen LogP contribution >= 0.6 is 0 Å². The summed E-state index contributed by atoms with van der Waals surface area (Å²) >= 11 is 0. The van der Waals surface area contributed by atoms with Gasteiger partial charge in [-0.15, -0.1) is 0 Å². The number of carboxylic acids is 1. The van der Waals surface area contributed by atoms with Crippen LogP contribution in [0.4, 0.5) is 0 Å². The fraction of sp³-hybridized carbons (Fsp3) is 0.263. The predicted octanol–water partition coefficient (Wildman–Crippen LogP) is 2.41. The second kappa shape index (κ2) is 7.70. The van der Waals surface area contributed by atoms with Crippen molar-refractivity contribution in [2.75, 3.05) is 13.2 Å². The number of ether oxygens (including phenoxy) is 2. The Bertz CT molecular complexity index is 770. The zero-order chi connectivity index (χ0) is 17.6. The summed E-state index contributed by atoms with van der Waals surface area (Å²) in [5, 5.41) is 11.7. The van der Waals surface area contributed by atoms with Gasteiger partial charge in [0.1, 0.15) is 0 Å². The molecule has 2 aromatic rings. The van der Waals surface area contributed by atoms with Crippen molar-refractivity contribution in [1.29, 1.82) is 0 Å². The molecule has 6 heteroatoms. The van der Waals surface area contributed by atoms with Gasteiger partial charge in [0.25, 0.3) is 0 Å². The Kier molecular flexibility index (Phi) is 5.18. The molecule has 1 aliphatic heterocycles. The number of hydrogen-bond acceptors (Lipinski definition) is 4. The lowest BCUT2D eigenvalue weighted by atomic mass is 10.1. The first-order chi connectivity index (χ1) is 12.1. The third-order valence-electron chi connectivity index (χ3n) is 3.89. The van der Waals surface area contributed by atoms with Crippen molar-refractivity contribution >= 4 is 11.9 Å². The maximum absolute atomic E-state index is 12.1. The number of aromatic carboxylic acids is 1. The molecule has 0 saturated heterocycles. The lowest BCUT2D eigenvalue weighted by molar-refractivity contribution is -0.120. The van der Waals surface area contributed by atoms with Gasteiger partial charge in [-0.05, 0) is 23.8 Å². The van der Waals surface area contributed by atoms with Crippen molar-refractivity contribution in [1.82, 2.24) is 5.32 Å². The van der Waals surface area contributed by atoms with Crippen molar-refractivity contribution in [3.05, 3.63) is 59.2 Å². The molecule has 0 spiro atoms. The Morgan fingerprint density at radius 2 is 1.80 bits per heavy atom. The lowest BCUT2D eigenvalue weighted by Gasteiger charge is -2.13. The minimum atomic E-state index is -0.983. The highest BCUT2D eigenvalue weighted by Crippen LogP contribution is 2.33. The Morgan fingerprint density at radius 1 is 1.04 bits per heavy atom. The smallest absolute Gasteiger partial charge is 0.335 e. The molecule has 0 unspecified atom stereocenters. The Labute approximate surface area is 145 Å². The van der Waals surface area contributed by atoms with Crippen molar-refractivity contribution in [2.24, 2.45) is 0 Å². The van der Waals surface area contributed by atoms with Gasteiger partial charge in [-0.25, -0.2) is 4.79 Å². The van der Waals surface area contributed by atoms with Gasteiger partial charge in [-0.1, -0.05) is 24.3 Å². The minimum absolute atomic E-state index is 0.143. The lowest BCUT2D eigenvalue weighted by Crippen LogP contribution is -2.24. The summed E-state index contributed by atoms with van der Waals surface area (Å²) in [5.74, 6) is 0.262. The second-order valence-corrected chi connectivity index (χ2v) is 5.75. The summed E-state index contributed by atoms with van der Waals surface area (Å²) in [6.45, 7) is 1.56. The highest BCUT2D eigenvalue weighted by molar-refractivity contribution is 5.87. The van der Waals surface area contributed by atoms with E-state index in [9.17, 15) is 9.59 Å². The van der Waals surface area contributed by atoms with Crippen LogP contribution in [0.25, 0.3) is 0 Å². The molecule has 25 heavy (non-hydrogen) atoms. The fourth-order valence-corrected chi connectivity index (χ4v) is 2.60. The molecule has 2 N–H and O–H groups in total. The molecule has 6 nitrogen and oxygen atoms in total. The van der Waals surface area contributed by atoms with Gasteiger partial charge in [0.05, 0.1) is 25.2 Å². The molecule has 3 rings (SSSR count). The van der Waals surface area contributed by atoms with Crippen molar-refractivity contribution < 1.29 is 24.2 Å². The SMILES string of the molecule is O=C(Cc1ccc(C(=O)O)cc1)NCc1cccc2c1OCCCO2. The molecule has 0 bridgehead atoms. The summed E-state index contributed by atoms with van der Waals surface area (Å²) in [6, 6.07) is 11.9. The number of fused-ring (bicyclic) bond motifs is 1. The van der Waals surface area contributed by atoms with Crippen molar-refractivity contribution in [3.63, 3.8) is 0 Å². The molecule has 2 aromatic carbocycles. The molecule has 130 valence electrons. The van der Waals surface area contributed by atoms with Gasteiger partial charge >= 0.3 is 5.97 Å². The Morgan fingerprint density at radius 3 is 2.56 bits per heavy atom. The molecule has 1 amide bonds. The van der Waals surface area contributed by atoms with Crippen molar-refractivity contribution in [3.8, 4) is 11.5 Å². The first kappa shape index (κ1) is 16.8. The molecular weight excluding hydrogens is 322 g/mol. The maximum atomic E-state index is 12.1. The van der Waals surface area contributed by atoms with E-state index in [2.05, 4.69) is 5.32 Å². The highest BCUT2D eigenvalue weighted by atomic mass is 16.5. The van der Waals surface area contributed by atoms with Crippen LogP contribution in [0, 0.1) is 0 Å². The van der Waals surface area contributed by atoms with E-state index in [1.54, 1.807) is 12.1 Å². The molecule has 0 aliphatic carbocycles. The van der Waals surface area contributed by atoms with Crippen LogP contribution in [0.2, 0.25) is 0 Å². The van der Waals surface area contributed by atoms with E-state index in [4.69, 9.17) is 14.6 Å². The van der Waals surface area contributed by atoms with Gasteiger partial charge in [-0.3, -0.25) is 4.79 Å². The van der Waals surface area contributed by atoms with Crippen LogP contribution < -0.4 is 14.8 Å². The zero-order valence-corrected chi connectivity index (χ0v) is 13.7. The third kappa shape index (κ3) is 4.29. The molecule has 0 atom stereocenters. The monoisotopic (exact) mass is 341 g/mol. The highest BCUT2D eigenvalue weighted by Gasteiger charge is 2.15. The minimum Gasteiger partial charge on any atom is -0.490 e. The van der Waals surface area contributed by atoms with E-state index >= 15 is 0 Å². The number of carbonyl (C=O) groups is 2. The number of nitrogens with one attached hydrogen (secondary N) is 1. The quantitative estimate of drug-likeness (QED) is 0.872. The summed E-state index contributed by atoms with van der Waals surface area (Å²) in [4.78, 5) is 23.0. The zero-order valence-electron chi connectivity index (χ0n) is 13.7. The summed E-state index contributed by atoms with van der Waals surface area (Å²) < 4.78 is 11.4. The van der Waals surface area contributed by atoms with E-state index in [1.807, 2.05) is 18.2 Å². The van der Waals surface area contributed by atoms with E-state index in [1.165, 1.54) is 12.1 Å². The first-order valence-corrected chi connectivity index (χ1v) is 8.10. The van der Waals surface area contributed by atoms with Gasteiger partial charge in [0.15, 0.2) is 11.5 Å². The number of benzene rings is 2. The molecule has 0 fully saturated rings. The van der Waals surface area contributed by atoms with E-state index in [-0.39, 0.29) is 17.9 Å². The predicted molar refractivity (Wildman–Crippen MR) is 91.0 cm³/mol. The second-order valence-electron chi connectivity index (χ2n) is 5.75. The van der Waals surface area contributed by atoms with Gasteiger partial charge in [0.2, 0.25) is 5.91 Å². The Balaban J connectivity index is 1.60. The topological polar surface area (TPSA) is 84.9 Å². The van der Waals surface area contributed by atoms with Crippen molar-refractivity contribution in [2.45, 2.75) is 19.4 Å². The van der Waals surface area contributed by atoms with Crippen LogP contribution in [-0.2, 0) is 17.8 Å². The summed E-state index contributed by atoms with van der Waals surface area (Å²) in [7, 11) is 0. The van der Waals surface area contributed by atoms with Gasteiger partial charge in [-0.2, -0.15) is 0 Å². The third-order valence-corrected chi connectivity index (χ3v) is 3.89. The Hall–Kier alpha value is -3.02. The van der Waals surface area contributed by atoms with E-state index < -0.39 is 5.97 Å². The molecule has 1 heterocycles. The average molecular weight is 341 g/mol. The van der Waals surface area contributed by atoms with Crippen LogP contribution in [-0.4, -0.2) is 30.2 Å². The standard InChI is InChI=1S/C19H19NO5/c21-17(11-13-5-7-14(8-6-13)19(22)23)20-12-15-3-1-4-16-18(15)25-10-2-9-24-16/h1,3-8H,2,9-12H2,(H,20,21)(H,22,23). The molecule has 0 saturated carbocycles. The largest absolute Gasteiger partial charge is 0.490 e.